The van der Waals surface area contributed by atoms with E-state index in [9.17, 15) is 4.79 Å². The van der Waals surface area contributed by atoms with Crippen LogP contribution in [0.2, 0.25) is 0 Å². The summed E-state index contributed by atoms with van der Waals surface area (Å²) in [4.78, 5) is 16.2. The fraction of sp³-hybridized carbons (Fsp3) is 0.214. The summed E-state index contributed by atoms with van der Waals surface area (Å²) in [6.07, 6.45) is 0. The largest absolute Gasteiger partial charge is 0.497 e. The molecular formula is C14H13N3O4S. The Morgan fingerprint density at radius 1 is 1.41 bits per heavy atom. The second-order valence-corrected chi connectivity index (χ2v) is 5.50. The molecule has 0 aliphatic carbocycles. The van der Waals surface area contributed by atoms with E-state index in [1.807, 2.05) is 18.2 Å². The van der Waals surface area contributed by atoms with Crippen molar-refractivity contribution in [2.45, 2.75) is 6.92 Å². The van der Waals surface area contributed by atoms with E-state index in [4.69, 9.17) is 14.0 Å². The molecule has 22 heavy (non-hydrogen) atoms. The van der Waals surface area contributed by atoms with Crippen molar-refractivity contribution >= 4 is 32.6 Å². The number of carbonyl (C=O) groups excluding carboxylic acids is 1. The number of nitrogens with zero attached hydrogens (tertiary/aromatic N) is 2. The number of aromatic nitrogens is 2. The molecule has 1 amide bonds. The van der Waals surface area contributed by atoms with Gasteiger partial charge in [0.2, 0.25) is 0 Å². The Labute approximate surface area is 129 Å². The maximum Gasteiger partial charge on any atom is 0.264 e. The topological polar surface area (TPSA) is 86.5 Å². The molecule has 2 aromatic heterocycles. The fourth-order valence-electron chi connectivity index (χ4n) is 1.79. The quantitative estimate of drug-likeness (QED) is 0.778. The number of carbonyl (C=O) groups is 1. The molecule has 1 aromatic carbocycles. The van der Waals surface area contributed by atoms with Crippen molar-refractivity contribution in [3.8, 4) is 11.6 Å². The number of fused-ring (bicyclic) bond motifs is 1. The Bertz CT molecular complexity index is 811. The summed E-state index contributed by atoms with van der Waals surface area (Å²) in [7, 11) is 1.61. The molecule has 0 atom stereocenters. The number of thiazole rings is 1. The van der Waals surface area contributed by atoms with Gasteiger partial charge in [-0.1, -0.05) is 11.3 Å². The number of amides is 1. The Morgan fingerprint density at radius 2 is 2.27 bits per heavy atom. The van der Waals surface area contributed by atoms with E-state index in [1.54, 1.807) is 20.1 Å². The number of rotatable bonds is 5. The van der Waals surface area contributed by atoms with Crippen LogP contribution in [0.15, 0.2) is 28.8 Å². The third-order valence-electron chi connectivity index (χ3n) is 2.80. The maximum absolute atomic E-state index is 11.8. The van der Waals surface area contributed by atoms with E-state index in [2.05, 4.69) is 15.5 Å². The summed E-state index contributed by atoms with van der Waals surface area (Å²) in [6, 6.07) is 7.15. The van der Waals surface area contributed by atoms with E-state index in [1.165, 1.54) is 11.3 Å². The predicted octanol–water partition coefficient (Wildman–Crippen LogP) is 2.62. The van der Waals surface area contributed by atoms with Gasteiger partial charge in [-0.2, -0.15) is 0 Å². The molecule has 7 nitrogen and oxygen atoms in total. The molecule has 114 valence electrons. The van der Waals surface area contributed by atoms with Crippen LogP contribution < -0.4 is 14.8 Å². The van der Waals surface area contributed by atoms with Crippen LogP contribution in [0.4, 0.5) is 5.13 Å². The predicted molar refractivity (Wildman–Crippen MR) is 81.5 cm³/mol. The molecule has 8 heteroatoms. The second kappa shape index (κ2) is 6.02. The SMILES string of the molecule is COc1ccc2nc(NC(=O)COc3cc(C)on3)sc2c1. The van der Waals surface area contributed by atoms with Crippen molar-refractivity contribution in [1.29, 1.82) is 0 Å². The zero-order valence-electron chi connectivity index (χ0n) is 12.0. The molecular weight excluding hydrogens is 306 g/mol. The highest BCUT2D eigenvalue weighted by atomic mass is 32.1. The van der Waals surface area contributed by atoms with Crippen LogP contribution >= 0.6 is 11.3 Å². The monoisotopic (exact) mass is 319 g/mol. The zero-order chi connectivity index (χ0) is 15.5. The van der Waals surface area contributed by atoms with E-state index in [0.717, 1.165) is 16.0 Å². The number of benzene rings is 1. The molecule has 0 aliphatic rings. The van der Waals surface area contributed by atoms with Gasteiger partial charge in [-0.15, -0.1) is 0 Å². The minimum atomic E-state index is -0.313. The molecule has 0 bridgehead atoms. The van der Waals surface area contributed by atoms with Gasteiger partial charge in [0.1, 0.15) is 11.5 Å². The van der Waals surface area contributed by atoms with E-state index < -0.39 is 0 Å². The molecule has 3 rings (SSSR count). The lowest BCUT2D eigenvalue weighted by Crippen LogP contribution is -2.20. The van der Waals surface area contributed by atoms with Gasteiger partial charge in [-0.25, -0.2) is 4.98 Å². The summed E-state index contributed by atoms with van der Waals surface area (Å²) in [6.45, 7) is 1.58. The van der Waals surface area contributed by atoms with E-state index in [0.29, 0.717) is 10.9 Å². The first-order valence-electron chi connectivity index (χ1n) is 6.44. The molecule has 0 saturated carbocycles. The van der Waals surface area contributed by atoms with Crippen molar-refractivity contribution in [2.24, 2.45) is 0 Å². The minimum absolute atomic E-state index is 0.161. The van der Waals surface area contributed by atoms with Crippen LogP contribution in [0.1, 0.15) is 5.76 Å². The highest BCUT2D eigenvalue weighted by Crippen LogP contribution is 2.29. The number of hydrogen-bond acceptors (Lipinski definition) is 7. The van der Waals surface area contributed by atoms with Crippen LogP contribution in [-0.2, 0) is 4.79 Å². The number of anilines is 1. The zero-order valence-corrected chi connectivity index (χ0v) is 12.8. The number of nitrogens with one attached hydrogen (secondary N) is 1. The van der Waals surface area contributed by atoms with Crippen LogP contribution in [-0.4, -0.2) is 29.8 Å². The number of methoxy groups -OCH3 is 1. The molecule has 0 spiro atoms. The summed E-state index contributed by atoms with van der Waals surface area (Å²) < 4.78 is 16.2. The Balaban J connectivity index is 1.63. The average molecular weight is 319 g/mol. The van der Waals surface area contributed by atoms with E-state index >= 15 is 0 Å². The van der Waals surface area contributed by atoms with Gasteiger partial charge < -0.3 is 14.0 Å². The lowest BCUT2D eigenvalue weighted by atomic mass is 10.3. The van der Waals surface area contributed by atoms with Gasteiger partial charge in [-0.05, 0) is 30.3 Å². The van der Waals surface area contributed by atoms with Gasteiger partial charge in [-0.3, -0.25) is 10.1 Å². The summed E-state index contributed by atoms with van der Waals surface area (Å²) >= 11 is 1.37. The second-order valence-electron chi connectivity index (χ2n) is 4.47. The summed E-state index contributed by atoms with van der Waals surface area (Å²) in [5.41, 5.74) is 0.800. The highest BCUT2D eigenvalue weighted by Gasteiger charge is 2.10. The van der Waals surface area contributed by atoms with Crippen molar-refractivity contribution in [1.82, 2.24) is 10.1 Å². The Morgan fingerprint density at radius 3 is 3.00 bits per heavy atom. The first kappa shape index (κ1) is 14.3. The van der Waals surface area contributed by atoms with Gasteiger partial charge in [0.05, 0.1) is 17.3 Å². The normalized spacial score (nSPS) is 10.6. The summed E-state index contributed by atoms with van der Waals surface area (Å²) in [5.74, 6) is 1.34. The van der Waals surface area contributed by atoms with Crippen molar-refractivity contribution in [2.75, 3.05) is 19.0 Å². The van der Waals surface area contributed by atoms with Gasteiger partial charge >= 0.3 is 0 Å². The van der Waals surface area contributed by atoms with E-state index in [-0.39, 0.29) is 18.4 Å². The molecule has 0 aliphatic heterocycles. The Kier molecular flexibility index (Phi) is 3.92. The minimum Gasteiger partial charge on any atom is -0.497 e. The van der Waals surface area contributed by atoms with Crippen molar-refractivity contribution in [3.05, 3.63) is 30.0 Å². The molecule has 1 N–H and O–H groups in total. The lowest BCUT2D eigenvalue weighted by Gasteiger charge is -2.01. The van der Waals surface area contributed by atoms with Crippen LogP contribution in [0, 0.1) is 6.92 Å². The molecule has 0 saturated heterocycles. The van der Waals surface area contributed by atoms with Crippen molar-refractivity contribution < 1.29 is 18.8 Å². The standard InChI is InChI=1S/C14H13N3O4S/c1-8-5-13(17-21-8)20-7-12(18)16-14-15-10-4-3-9(19-2)6-11(10)22-14/h3-6H,7H2,1-2H3,(H,15,16,18). The number of ether oxygens (including phenoxy) is 2. The van der Waals surface area contributed by atoms with Gasteiger partial charge in [0.15, 0.2) is 11.7 Å². The first-order valence-corrected chi connectivity index (χ1v) is 7.26. The van der Waals surface area contributed by atoms with Crippen LogP contribution in [0.5, 0.6) is 11.6 Å². The van der Waals surface area contributed by atoms with Crippen LogP contribution in [0.25, 0.3) is 10.2 Å². The molecule has 2 heterocycles. The van der Waals surface area contributed by atoms with Gasteiger partial charge in [0.25, 0.3) is 11.8 Å². The first-order chi connectivity index (χ1) is 10.6. The lowest BCUT2D eigenvalue weighted by molar-refractivity contribution is -0.118. The fourth-order valence-corrected chi connectivity index (χ4v) is 2.70. The molecule has 3 aromatic rings. The third-order valence-corrected chi connectivity index (χ3v) is 3.73. The Hall–Kier alpha value is -2.61. The maximum atomic E-state index is 11.8. The molecule has 0 fully saturated rings. The van der Waals surface area contributed by atoms with Gasteiger partial charge in [0, 0.05) is 6.07 Å². The van der Waals surface area contributed by atoms with Crippen molar-refractivity contribution in [3.63, 3.8) is 0 Å². The highest BCUT2D eigenvalue weighted by molar-refractivity contribution is 7.22. The molecule has 0 unspecified atom stereocenters. The smallest absolute Gasteiger partial charge is 0.264 e. The third kappa shape index (κ3) is 3.17. The number of aryl methyl sites for hydroxylation is 1. The summed E-state index contributed by atoms with van der Waals surface area (Å²) in [5, 5.41) is 6.84. The average Bonchev–Trinajstić information content (AvgIpc) is 3.09. The number of hydrogen-bond donors (Lipinski definition) is 1. The van der Waals surface area contributed by atoms with Crippen LogP contribution in [0.3, 0.4) is 0 Å². The molecule has 0 radical (unpaired) electrons.